The molecular formula is C16H19N7O3. The van der Waals surface area contributed by atoms with Crippen LogP contribution in [0.15, 0.2) is 18.9 Å². The second kappa shape index (κ2) is 6.37. The SMILES string of the molecule is COc1ncc(C2(O)CCN(c3ncnc4nc[nH]c34)CC2)c(OC)n1. The van der Waals surface area contributed by atoms with Crippen LogP contribution in [-0.2, 0) is 5.60 Å². The van der Waals surface area contributed by atoms with Crippen molar-refractivity contribution in [3.05, 3.63) is 24.4 Å². The predicted molar refractivity (Wildman–Crippen MR) is 92.2 cm³/mol. The number of aromatic nitrogens is 6. The van der Waals surface area contributed by atoms with Crippen LogP contribution in [0.5, 0.6) is 11.9 Å². The van der Waals surface area contributed by atoms with Gasteiger partial charge in [0.15, 0.2) is 11.5 Å². The van der Waals surface area contributed by atoms with E-state index in [4.69, 9.17) is 9.47 Å². The molecule has 0 amide bonds. The molecule has 2 N–H and O–H groups in total. The number of anilines is 1. The number of methoxy groups -OCH3 is 2. The molecule has 0 aliphatic carbocycles. The molecule has 0 bridgehead atoms. The Balaban J connectivity index is 1.59. The molecular weight excluding hydrogens is 338 g/mol. The second-order valence-electron chi connectivity index (χ2n) is 6.10. The summed E-state index contributed by atoms with van der Waals surface area (Å²) in [4.78, 5) is 26.1. The highest BCUT2D eigenvalue weighted by molar-refractivity contribution is 5.82. The van der Waals surface area contributed by atoms with Gasteiger partial charge >= 0.3 is 6.01 Å². The first-order chi connectivity index (χ1) is 12.6. The van der Waals surface area contributed by atoms with Crippen LogP contribution in [0.25, 0.3) is 11.2 Å². The van der Waals surface area contributed by atoms with Crippen LogP contribution in [0.4, 0.5) is 5.82 Å². The number of nitrogens with zero attached hydrogens (tertiary/aromatic N) is 6. The van der Waals surface area contributed by atoms with Crippen molar-refractivity contribution >= 4 is 17.0 Å². The fourth-order valence-electron chi connectivity index (χ4n) is 3.27. The fourth-order valence-corrected chi connectivity index (χ4v) is 3.27. The Hall–Kier alpha value is -3.01. The van der Waals surface area contributed by atoms with Gasteiger partial charge in [-0.15, -0.1) is 0 Å². The molecule has 0 unspecified atom stereocenters. The molecule has 0 spiro atoms. The molecule has 10 heteroatoms. The van der Waals surface area contributed by atoms with E-state index in [2.05, 4.69) is 34.8 Å². The zero-order chi connectivity index (χ0) is 18.1. The number of aromatic amines is 1. The maximum Gasteiger partial charge on any atom is 0.319 e. The lowest BCUT2D eigenvalue weighted by molar-refractivity contribution is 0.00851. The first kappa shape index (κ1) is 16.5. The maximum atomic E-state index is 11.2. The van der Waals surface area contributed by atoms with Gasteiger partial charge in [0.25, 0.3) is 0 Å². The van der Waals surface area contributed by atoms with Crippen molar-refractivity contribution in [1.82, 2.24) is 29.9 Å². The minimum Gasteiger partial charge on any atom is -0.481 e. The zero-order valence-corrected chi connectivity index (χ0v) is 14.5. The number of hydrogen-bond donors (Lipinski definition) is 2. The standard InChI is InChI=1S/C16H19N7O3/c1-25-14-10(7-17-15(22-14)26-2)16(24)3-5-23(6-4-16)13-11-12(19-8-18-11)20-9-21-13/h7-9,24H,3-6H2,1-2H3,(H,18,19,20,21). The smallest absolute Gasteiger partial charge is 0.319 e. The number of imidazole rings is 1. The number of H-pyrrole nitrogens is 1. The van der Waals surface area contributed by atoms with Crippen molar-refractivity contribution < 1.29 is 14.6 Å². The summed E-state index contributed by atoms with van der Waals surface area (Å²) >= 11 is 0. The lowest BCUT2D eigenvalue weighted by Gasteiger charge is -2.39. The number of nitrogens with one attached hydrogen (secondary N) is 1. The van der Waals surface area contributed by atoms with Gasteiger partial charge in [0.2, 0.25) is 5.88 Å². The van der Waals surface area contributed by atoms with Crippen LogP contribution in [0.1, 0.15) is 18.4 Å². The molecule has 1 aliphatic heterocycles. The Labute approximate surface area is 149 Å². The third-order valence-electron chi connectivity index (χ3n) is 4.70. The van der Waals surface area contributed by atoms with Crippen molar-refractivity contribution in [2.75, 3.05) is 32.2 Å². The summed E-state index contributed by atoms with van der Waals surface area (Å²) < 4.78 is 10.4. The molecule has 4 heterocycles. The van der Waals surface area contributed by atoms with E-state index in [9.17, 15) is 5.11 Å². The highest BCUT2D eigenvalue weighted by atomic mass is 16.5. The monoisotopic (exact) mass is 357 g/mol. The number of ether oxygens (including phenoxy) is 2. The average molecular weight is 357 g/mol. The number of piperidine rings is 1. The number of fused-ring (bicyclic) bond motifs is 1. The fraction of sp³-hybridized carbons (Fsp3) is 0.438. The Morgan fingerprint density at radius 1 is 1.12 bits per heavy atom. The molecule has 4 rings (SSSR count). The van der Waals surface area contributed by atoms with E-state index in [0.717, 1.165) is 11.3 Å². The number of hydrogen-bond acceptors (Lipinski definition) is 9. The van der Waals surface area contributed by atoms with Crippen LogP contribution >= 0.6 is 0 Å². The average Bonchev–Trinajstić information content (AvgIpc) is 3.17. The first-order valence-electron chi connectivity index (χ1n) is 8.21. The molecule has 0 saturated carbocycles. The summed E-state index contributed by atoms with van der Waals surface area (Å²) in [7, 11) is 3.00. The van der Waals surface area contributed by atoms with Crippen LogP contribution in [0.2, 0.25) is 0 Å². The van der Waals surface area contributed by atoms with Crippen LogP contribution in [0, 0.1) is 0 Å². The Morgan fingerprint density at radius 2 is 1.92 bits per heavy atom. The lowest BCUT2D eigenvalue weighted by atomic mass is 9.85. The van der Waals surface area contributed by atoms with Gasteiger partial charge in [-0.05, 0) is 12.8 Å². The molecule has 1 fully saturated rings. The summed E-state index contributed by atoms with van der Waals surface area (Å²) in [6, 6.07) is 0.203. The molecule has 3 aromatic heterocycles. The van der Waals surface area contributed by atoms with E-state index < -0.39 is 5.60 Å². The van der Waals surface area contributed by atoms with Crippen LogP contribution in [0.3, 0.4) is 0 Å². The molecule has 10 nitrogen and oxygen atoms in total. The largest absolute Gasteiger partial charge is 0.481 e. The van der Waals surface area contributed by atoms with E-state index in [-0.39, 0.29) is 6.01 Å². The lowest BCUT2D eigenvalue weighted by Crippen LogP contribution is -2.43. The highest BCUT2D eigenvalue weighted by Gasteiger charge is 2.38. The van der Waals surface area contributed by atoms with Crippen LogP contribution < -0.4 is 14.4 Å². The topological polar surface area (TPSA) is 122 Å². The first-order valence-corrected chi connectivity index (χ1v) is 8.21. The summed E-state index contributed by atoms with van der Waals surface area (Å²) in [5, 5.41) is 11.2. The highest BCUT2D eigenvalue weighted by Crippen LogP contribution is 2.38. The summed E-state index contributed by atoms with van der Waals surface area (Å²) in [5.74, 6) is 1.11. The van der Waals surface area contributed by atoms with Crippen LogP contribution in [-0.4, -0.2) is 62.3 Å². The van der Waals surface area contributed by atoms with Gasteiger partial charge in [0.1, 0.15) is 11.8 Å². The van der Waals surface area contributed by atoms with E-state index in [1.54, 1.807) is 12.5 Å². The molecule has 1 aliphatic rings. The molecule has 136 valence electrons. The van der Waals surface area contributed by atoms with E-state index in [0.29, 0.717) is 43.0 Å². The van der Waals surface area contributed by atoms with Gasteiger partial charge in [0.05, 0.1) is 31.7 Å². The zero-order valence-electron chi connectivity index (χ0n) is 14.5. The molecule has 0 aromatic carbocycles. The number of rotatable bonds is 4. The van der Waals surface area contributed by atoms with Gasteiger partial charge in [0, 0.05) is 19.3 Å². The normalized spacial score (nSPS) is 16.7. The Morgan fingerprint density at radius 3 is 2.65 bits per heavy atom. The predicted octanol–water partition coefficient (Wildman–Crippen LogP) is 0.648. The Kier molecular flexibility index (Phi) is 4.03. The van der Waals surface area contributed by atoms with Gasteiger partial charge < -0.3 is 24.5 Å². The number of aliphatic hydroxyl groups is 1. The summed E-state index contributed by atoms with van der Waals surface area (Å²) in [5.41, 5.74) is 0.910. The quantitative estimate of drug-likeness (QED) is 0.693. The van der Waals surface area contributed by atoms with Crippen molar-refractivity contribution in [2.24, 2.45) is 0 Å². The molecule has 26 heavy (non-hydrogen) atoms. The minimum atomic E-state index is -1.08. The molecule has 1 saturated heterocycles. The van der Waals surface area contributed by atoms with Gasteiger partial charge in [-0.3, -0.25) is 0 Å². The van der Waals surface area contributed by atoms with E-state index in [1.807, 2.05) is 0 Å². The van der Waals surface area contributed by atoms with Gasteiger partial charge in [-0.1, -0.05) is 0 Å². The second-order valence-corrected chi connectivity index (χ2v) is 6.10. The van der Waals surface area contributed by atoms with Crippen molar-refractivity contribution in [1.29, 1.82) is 0 Å². The van der Waals surface area contributed by atoms with Gasteiger partial charge in [-0.25, -0.2) is 19.9 Å². The minimum absolute atomic E-state index is 0.203. The summed E-state index contributed by atoms with van der Waals surface area (Å²) in [6.45, 7) is 1.22. The van der Waals surface area contributed by atoms with Crippen molar-refractivity contribution in [3.8, 4) is 11.9 Å². The molecule has 0 atom stereocenters. The summed E-state index contributed by atoms with van der Waals surface area (Å²) in [6.07, 6.45) is 5.64. The van der Waals surface area contributed by atoms with Gasteiger partial charge in [-0.2, -0.15) is 4.98 Å². The molecule has 0 radical (unpaired) electrons. The third-order valence-corrected chi connectivity index (χ3v) is 4.70. The Bertz CT molecular complexity index is 921. The molecule has 3 aromatic rings. The van der Waals surface area contributed by atoms with E-state index >= 15 is 0 Å². The van der Waals surface area contributed by atoms with E-state index in [1.165, 1.54) is 20.5 Å². The van der Waals surface area contributed by atoms with Crippen molar-refractivity contribution in [2.45, 2.75) is 18.4 Å². The maximum absolute atomic E-state index is 11.2. The van der Waals surface area contributed by atoms with Crippen molar-refractivity contribution in [3.63, 3.8) is 0 Å². The third kappa shape index (κ3) is 2.68.